The van der Waals surface area contributed by atoms with E-state index in [9.17, 15) is 9.59 Å². The predicted octanol–water partition coefficient (Wildman–Crippen LogP) is -0.281. The van der Waals surface area contributed by atoms with E-state index < -0.39 is 11.9 Å². The number of hydrogen-bond acceptors (Lipinski definition) is 6. The number of nitrogens with zero attached hydrogens (tertiary/aromatic N) is 1. The molecule has 0 aromatic heterocycles. The van der Waals surface area contributed by atoms with Crippen LogP contribution < -0.4 is 0 Å². The molecule has 0 aliphatic carbocycles. The summed E-state index contributed by atoms with van der Waals surface area (Å²) in [5.74, 6) is -1.71. The van der Waals surface area contributed by atoms with Crippen LogP contribution in [0.3, 0.4) is 0 Å². The average Bonchev–Trinajstić information content (AvgIpc) is 2.17. The van der Waals surface area contributed by atoms with E-state index in [1.165, 1.54) is 0 Å². The lowest BCUT2D eigenvalue weighted by Crippen LogP contribution is -2.15. The molecule has 72 valence electrons. The van der Waals surface area contributed by atoms with Crippen molar-refractivity contribution in [2.24, 2.45) is 5.16 Å². The van der Waals surface area contributed by atoms with Crippen LogP contribution in [0.5, 0.6) is 0 Å². The zero-order chi connectivity index (χ0) is 10.3. The highest BCUT2D eigenvalue weighted by molar-refractivity contribution is 6.16. The Labute approximate surface area is 74.4 Å². The Morgan fingerprint density at radius 1 is 1.23 bits per heavy atom. The molecule has 13 heavy (non-hydrogen) atoms. The van der Waals surface area contributed by atoms with Gasteiger partial charge in [0.25, 0.3) is 0 Å². The molecule has 6 nitrogen and oxygen atoms in total. The lowest BCUT2D eigenvalue weighted by Gasteiger charge is -2.00. The first-order valence-corrected chi connectivity index (χ1v) is 3.21. The fourth-order valence-corrected chi connectivity index (χ4v) is 0.547. The third-order valence-corrected chi connectivity index (χ3v) is 1.12. The number of allylic oxidation sites excluding steroid dienone is 1. The van der Waals surface area contributed by atoms with Gasteiger partial charge in [0.15, 0.2) is 0 Å². The van der Waals surface area contributed by atoms with Gasteiger partial charge in [0.05, 0.1) is 20.4 Å². The van der Waals surface area contributed by atoms with Crippen LogP contribution in [0.25, 0.3) is 0 Å². The minimum Gasteiger partial charge on any atom is -0.465 e. The summed E-state index contributed by atoms with van der Waals surface area (Å²) in [7, 11) is 2.24. The smallest absolute Gasteiger partial charge is 0.345 e. The molecule has 0 spiro atoms. The second kappa shape index (κ2) is 5.76. The fraction of sp³-hybridized carbons (Fsp3) is 0.286. The van der Waals surface area contributed by atoms with Crippen molar-refractivity contribution in [1.82, 2.24) is 0 Å². The Morgan fingerprint density at radius 2 is 1.69 bits per heavy atom. The van der Waals surface area contributed by atoms with Gasteiger partial charge in [-0.1, -0.05) is 5.16 Å². The molecule has 0 saturated carbocycles. The molecule has 0 aromatic carbocycles. The first-order chi connectivity index (χ1) is 6.17. The van der Waals surface area contributed by atoms with E-state index in [0.717, 1.165) is 26.5 Å². The van der Waals surface area contributed by atoms with Crippen LogP contribution in [0.15, 0.2) is 16.8 Å². The summed E-state index contributed by atoms with van der Waals surface area (Å²) in [6, 6.07) is 0. The number of oxime groups is 1. The van der Waals surface area contributed by atoms with Crippen LogP contribution in [0.2, 0.25) is 0 Å². The maximum Gasteiger partial charge on any atom is 0.345 e. The van der Waals surface area contributed by atoms with Gasteiger partial charge in [0.1, 0.15) is 5.57 Å². The van der Waals surface area contributed by atoms with Gasteiger partial charge in [-0.2, -0.15) is 0 Å². The fourth-order valence-electron chi connectivity index (χ4n) is 0.547. The topological polar surface area (TPSA) is 85.2 Å². The van der Waals surface area contributed by atoms with Crippen molar-refractivity contribution in [3.05, 3.63) is 11.6 Å². The van der Waals surface area contributed by atoms with Gasteiger partial charge in [0, 0.05) is 0 Å². The van der Waals surface area contributed by atoms with Crippen LogP contribution in [-0.4, -0.2) is 37.6 Å². The summed E-state index contributed by atoms with van der Waals surface area (Å²) in [5, 5.41) is 10.6. The predicted molar refractivity (Wildman–Crippen MR) is 42.4 cm³/mol. The van der Waals surface area contributed by atoms with Gasteiger partial charge in [-0.05, 0) is 6.08 Å². The highest BCUT2D eigenvalue weighted by Gasteiger charge is 2.18. The maximum absolute atomic E-state index is 10.9. The van der Waals surface area contributed by atoms with E-state index >= 15 is 0 Å². The molecule has 0 aliphatic heterocycles. The second-order valence-corrected chi connectivity index (χ2v) is 1.83. The van der Waals surface area contributed by atoms with Crippen molar-refractivity contribution in [1.29, 1.82) is 0 Å². The first-order valence-electron chi connectivity index (χ1n) is 3.21. The number of carbonyl (C=O) groups is 2. The quantitative estimate of drug-likeness (QED) is 0.125. The highest BCUT2D eigenvalue weighted by atomic mass is 16.5. The lowest BCUT2D eigenvalue weighted by atomic mass is 10.2. The van der Waals surface area contributed by atoms with Crippen molar-refractivity contribution in [3.63, 3.8) is 0 Å². The molecule has 0 radical (unpaired) electrons. The Balaban J connectivity index is 4.75. The van der Waals surface area contributed by atoms with Crippen molar-refractivity contribution in [2.75, 3.05) is 14.2 Å². The first kappa shape index (κ1) is 11.2. The summed E-state index contributed by atoms with van der Waals surface area (Å²) in [6.07, 6.45) is 1.85. The Bertz CT molecular complexity index is 238. The number of methoxy groups -OCH3 is 2. The lowest BCUT2D eigenvalue weighted by molar-refractivity contribution is -0.144. The molecule has 0 saturated heterocycles. The largest absolute Gasteiger partial charge is 0.465 e. The summed E-state index contributed by atoms with van der Waals surface area (Å²) < 4.78 is 8.56. The van der Waals surface area contributed by atoms with E-state index in [1.807, 2.05) is 0 Å². The van der Waals surface area contributed by atoms with Crippen molar-refractivity contribution in [3.8, 4) is 0 Å². The summed E-state index contributed by atoms with van der Waals surface area (Å²) in [4.78, 5) is 21.8. The van der Waals surface area contributed by atoms with Crippen LogP contribution in [-0.2, 0) is 19.1 Å². The molecular formula is C7H9NO5. The standard InChI is InChI=1S/C7H9NO5/c1-12-6(9)5(3-4-8-11)7(10)13-2/h3-4,11H,1-2H3/b8-4+. The SMILES string of the molecule is COC(=O)C(=C/C=N/O)C(=O)OC. The summed E-state index contributed by atoms with van der Waals surface area (Å²) in [5.41, 5.74) is -0.345. The third kappa shape index (κ3) is 3.37. The third-order valence-electron chi connectivity index (χ3n) is 1.12. The van der Waals surface area contributed by atoms with Crippen LogP contribution >= 0.6 is 0 Å². The molecule has 0 unspecified atom stereocenters. The van der Waals surface area contributed by atoms with E-state index in [1.54, 1.807) is 0 Å². The maximum atomic E-state index is 10.9. The summed E-state index contributed by atoms with van der Waals surface area (Å²) in [6.45, 7) is 0. The van der Waals surface area contributed by atoms with Gasteiger partial charge in [0.2, 0.25) is 0 Å². The molecule has 0 heterocycles. The Kier molecular flexibility index (Phi) is 4.94. The second-order valence-electron chi connectivity index (χ2n) is 1.83. The molecule has 1 N–H and O–H groups in total. The van der Waals surface area contributed by atoms with Crippen LogP contribution in [0.1, 0.15) is 0 Å². The number of esters is 2. The zero-order valence-corrected chi connectivity index (χ0v) is 7.18. The normalized spacial score (nSPS) is 9.38. The average molecular weight is 187 g/mol. The summed E-state index contributed by atoms with van der Waals surface area (Å²) >= 11 is 0. The molecule has 6 heteroatoms. The van der Waals surface area contributed by atoms with Gasteiger partial charge in [-0.25, -0.2) is 9.59 Å². The van der Waals surface area contributed by atoms with E-state index in [0.29, 0.717) is 0 Å². The Morgan fingerprint density at radius 3 is 2.00 bits per heavy atom. The van der Waals surface area contributed by atoms with E-state index in [4.69, 9.17) is 5.21 Å². The van der Waals surface area contributed by atoms with Gasteiger partial charge < -0.3 is 14.7 Å². The van der Waals surface area contributed by atoms with Crippen molar-refractivity contribution in [2.45, 2.75) is 0 Å². The molecule has 0 bridgehead atoms. The molecule has 0 amide bonds. The molecule has 0 fully saturated rings. The zero-order valence-electron chi connectivity index (χ0n) is 7.18. The molecule has 0 atom stereocenters. The van der Waals surface area contributed by atoms with E-state index in [-0.39, 0.29) is 5.57 Å². The number of ether oxygens (including phenoxy) is 2. The Hall–Kier alpha value is -1.85. The van der Waals surface area contributed by atoms with Gasteiger partial charge in [-0.15, -0.1) is 0 Å². The highest BCUT2D eigenvalue weighted by Crippen LogP contribution is 1.98. The number of carbonyl (C=O) groups excluding carboxylic acids is 2. The number of rotatable bonds is 3. The van der Waals surface area contributed by atoms with E-state index in [2.05, 4.69) is 14.6 Å². The van der Waals surface area contributed by atoms with Gasteiger partial charge in [-0.3, -0.25) is 0 Å². The molecular weight excluding hydrogens is 178 g/mol. The molecule has 0 aliphatic rings. The van der Waals surface area contributed by atoms with Crippen LogP contribution in [0, 0.1) is 0 Å². The monoisotopic (exact) mass is 187 g/mol. The molecule has 0 aromatic rings. The van der Waals surface area contributed by atoms with Crippen molar-refractivity contribution >= 4 is 18.2 Å². The van der Waals surface area contributed by atoms with Crippen LogP contribution in [0.4, 0.5) is 0 Å². The van der Waals surface area contributed by atoms with Crippen molar-refractivity contribution < 1.29 is 24.3 Å². The number of hydrogen-bond donors (Lipinski definition) is 1. The molecule has 0 rings (SSSR count). The minimum atomic E-state index is -0.855. The van der Waals surface area contributed by atoms with Gasteiger partial charge >= 0.3 is 11.9 Å². The minimum absolute atomic E-state index is 0.345.